The fraction of sp³-hybridized carbons (Fsp3) is 0.348. The molecule has 7 heteroatoms. The summed E-state index contributed by atoms with van der Waals surface area (Å²) in [7, 11) is 0. The smallest absolute Gasteiger partial charge is 0.250 e. The molecule has 1 N–H and O–H groups in total. The molecule has 2 aromatic carbocycles. The fourth-order valence-corrected chi connectivity index (χ4v) is 6.20. The Hall–Kier alpha value is -3.06. The van der Waals surface area contributed by atoms with Crippen LogP contribution in [0.25, 0.3) is 0 Å². The predicted octanol–water partition coefficient (Wildman–Crippen LogP) is 2.57. The number of imide groups is 1. The summed E-state index contributed by atoms with van der Waals surface area (Å²) < 4.78 is 14.3. The number of anilines is 2. The second kappa shape index (κ2) is 5.76. The number of hydrogen-bond acceptors (Lipinski definition) is 4. The molecule has 6 rings (SSSR count). The van der Waals surface area contributed by atoms with Crippen LogP contribution in [0.2, 0.25) is 0 Å². The summed E-state index contributed by atoms with van der Waals surface area (Å²) in [4.78, 5) is 44.0. The van der Waals surface area contributed by atoms with E-state index in [9.17, 15) is 18.8 Å². The van der Waals surface area contributed by atoms with Crippen molar-refractivity contribution >= 4 is 29.1 Å². The van der Waals surface area contributed by atoms with Crippen LogP contribution in [0.3, 0.4) is 0 Å². The van der Waals surface area contributed by atoms with Crippen molar-refractivity contribution < 1.29 is 18.8 Å². The number of halogens is 1. The number of nitrogens with zero attached hydrogens (tertiary/aromatic N) is 2. The number of rotatable bonds is 1. The maximum absolute atomic E-state index is 14.3. The van der Waals surface area contributed by atoms with Crippen molar-refractivity contribution in [2.45, 2.75) is 31.3 Å². The van der Waals surface area contributed by atoms with Gasteiger partial charge in [-0.3, -0.25) is 19.3 Å². The topological polar surface area (TPSA) is 69.7 Å². The SMILES string of the molecule is Cc1cccc(N2C(=O)C3C4CCCN4C4(C(=O)Nc5ccc(F)cc54)C3C2=O)c1. The first-order valence-corrected chi connectivity index (χ1v) is 10.3. The molecule has 0 radical (unpaired) electrons. The van der Waals surface area contributed by atoms with Gasteiger partial charge in [-0.15, -0.1) is 0 Å². The third kappa shape index (κ3) is 1.94. The van der Waals surface area contributed by atoms with Crippen LogP contribution in [0.5, 0.6) is 0 Å². The van der Waals surface area contributed by atoms with Crippen LogP contribution < -0.4 is 10.2 Å². The number of carbonyl (C=O) groups excluding carboxylic acids is 3. The molecule has 4 aliphatic heterocycles. The van der Waals surface area contributed by atoms with Gasteiger partial charge in [0.05, 0.1) is 17.5 Å². The molecule has 3 amide bonds. The van der Waals surface area contributed by atoms with Crippen LogP contribution in [-0.4, -0.2) is 35.2 Å². The Kier molecular flexibility index (Phi) is 3.41. The Morgan fingerprint density at radius 1 is 1.10 bits per heavy atom. The van der Waals surface area contributed by atoms with Crippen LogP contribution in [-0.2, 0) is 19.9 Å². The highest BCUT2D eigenvalue weighted by molar-refractivity contribution is 6.25. The Morgan fingerprint density at radius 2 is 1.93 bits per heavy atom. The zero-order valence-corrected chi connectivity index (χ0v) is 16.4. The molecule has 4 atom stereocenters. The Balaban J connectivity index is 1.57. The van der Waals surface area contributed by atoms with Gasteiger partial charge in [-0.25, -0.2) is 9.29 Å². The lowest BCUT2D eigenvalue weighted by molar-refractivity contribution is -0.135. The Labute approximate surface area is 172 Å². The van der Waals surface area contributed by atoms with Crippen molar-refractivity contribution in [3.8, 4) is 0 Å². The van der Waals surface area contributed by atoms with Crippen LogP contribution >= 0.6 is 0 Å². The summed E-state index contributed by atoms with van der Waals surface area (Å²) in [5.41, 5.74) is 1.11. The maximum atomic E-state index is 14.3. The number of carbonyl (C=O) groups is 3. The minimum atomic E-state index is -1.34. The van der Waals surface area contributed by atoms with Gasteiger partial charge in [-0.1, -0.05) is 12.1 Å². The minimum absolute atomic E-state index is 0.207. The first kappa shape index (κ1) is 17.8. The zero-order valence-electron chi connectivity index (χ0n) is 16.4. The molecule has 6 nitrogen and oxygen atoms in total. The normalized spacial score (nSPS) is 32.0. The average Bonchev–Trinajstić information content (AvgIpc) is 3.40. The standard InChI is InChI=1S/C23H20FN3O3/c1-12-4-2-5-14(10-12)27-20(28)18-17-6-3-9-26(17)23(19(18)21(27)29)15-11-13(24)7-8-16(15)25-22(23)30/h2,4-5,7-8,10-11,17-19H,3,6,9H2,1H3,(H,25,30). The fourth-order valence-electron chi connectivity index (χ4n) is 6.20. The molecular weight excluding hydrogens is 385 g/mol. The van der Waals surface area contributed by atoms with E-state index in [4.69, 9.17) is 0 Å². The van der Waals surface area contributed by atoms with Crippen LogP contribution in [0, 0.1) is 24.6 Å². The van der Waals surface area contributed by atoms with Gasteiger partial charge in [-0.05, 0) is 62.2 Å². The molecule has 4 aliphatic rings. The highest BCUT2D eigenvalue weighted by atomic mass is 19.1. The summed E-state index contributed by atoms with van der Waals surface area (Å²) in [5.74, 6) is -2.91. The largest absolute Gasteiger partial charge is 0.324 e. The maximum Gasteiger partial charge on any atom is 0.250 e. The summed E-state index contributed by atoms with van der Waals surface area (Å²) in [5, 5.41) is 2.85. The van der Waals surface area contributed by atoms with Gasteiger partial charge in [0.1, 0.15) is 11.4 Å². The lowest BCUT2D eigenvalue weighted by Gasteiger charge is -2.36. The van der Waals surface area contributed by atoms with Gasteiger partial charge in [0.2, 0.25) is 17.7 Å². The van der Waals surface area contributed by atoms with Crippen LogP contribution in [0.1, 0.15) is 24.0 Å². The molecule has 0 aromatic heterocycles. The molecule has 4 heterocycles. The number of benzene rings is 2. The quantitative estimate of drug-likeness (QED) is 0.741. The highest BCUT2D eigenvalue weighted by Gasteiger charge is 2.74. The van der Waals surface area contributed by atoms with Crippen molar-refractivity contribution in [2.24, 2.45) is 11.8 Å². The van der Waals surface area contributed by atoms with E-state index >= 15 is 0 Å². The number of fused-ring (bicyclic) bond motifs is 7. The van der Waals surface area contributed by atoms with E-state index in [0.717, 1.165) is 18.4 Å². The van der Waals surface area contributed by atoms with Crippen molar-refractivity contribution in [1.29, 1.82) is 0 Å². The minimum Gasteiger partial charge on any atom is -0.324 e. The predicted molar refractivity (Wildman–Crippen MR) is 107 cm³/mol. The molecule has 30 heavy (non-hydrogen) atoms. The van der Waals surface area contributed by atoms with Gasteiger partial charge in [0.15, 0.2) is 0 Å². The van der Waals surface area contributed by atoms with Crippen LogP contribution in [0.15, 0.2) is 42.5 Å². The van der Waals surface area contributed by atoms with Gasteiger partial charge >= 0.3 is 0 Å². The van der Waals surface area contributed by atoms with E-state index in [2.05, 4.69) is 5.32 Å². The number of nitrogens with one attached hydrogen (secondary N) is 1. The molecule has 0 saturated carbocycles. The van der Waals surface area contributed by atoms with E-state index < -0.39 is 23.2 Å². The van der Waals surface area contributed by atoms with Gasteiger partial charge in [-0.2, -0.15) is 0 Å². The van der Waals surface area contributed by atoms with Crippen molar-refractivity contribution in [1.82, 2.24) is 4.90 Å². The molecular formula is C23H20FN3O3. The number of hydrogen-bond donors (Lipinski definition) is 1. The van der Waals surface area contributed by atoms with E-state index in [1.54, 1.807) is 12.1 Å². The lowest BCUT2D eigenvalue weighted by Crippen LogP contribution is -2.54. The molecule has 3 fully saturated rings. The second-order valence-electron chi connectivity index (χ2n) is 8.67. The monoisotopic (exact) mass is 405 g/mol. The molecule has 4 unspecified atom stereocenters. The van der Waals surface area contributed by atoms with Gasteiger partial charge < -0.3 is 5.32 Å². The average molecular weight is 405 g/mol. The summed E-state index contributed by atoms with van der Waals surface area (Å²) in [6.45, 7) is 2.50. The van der Waals surface area contributed by atoms with Crippen molar-refractivity contribution in [3.63, 3.8) is 0 Å². The third-order valence-corrected chi connectivity index (χ3v) is 7.21. The first-order valence-electron chi connectivity index (χ1n) is 10.3. The molecule has 1 spiro atoms. The summed E-state index contributed by atoms with van der Waals surface area (Å²) in [6, 6.07) is 11.2. The lowest BCUT2D eigenvalue weighted by atomic mass is 9.75. The molecule has 3 saturated heterocycles. The second-order valence-corrected chi connectivity index (χ2v) is 8.67. The zero-order chi connectivity index (χ0) is 20.8. The van der Waals surface area contributed by atoms with E-state index in [0.29, 0.717) is 23.5 Å². The van der Waals surface area contributed by atoms with E-state index in [1.165, 1.54) is 23.1 Å². The van der Waals surface area contributed by atoms with Crippen molar-refractivity contribution in [3.05, 3.63) is 59.4 Å². The molecule has 0 bridgehead atoms. The summed E-state index contributed by atoms with van der Waals surface area (Å²) >= 11 is 0. The van der Waals surface area contributed by atoms with Gasteiger partial charge in [0, 0.05) is 17.3 Å². The molecule has 152 valence electrons. The number of aryl methyl sites for hydroxylation is 1. The van der Waals surface area contributed by atoms with Crippen LogP contribution in [0.4, 0.5) is 15.8 Å². The van der Waals surface area contributed by atoms with Crippen molar-refractivity contribution in [2.75, 3.05) is 16.8 Å². The highest BCUT2D eigenvalue weighted by Crippen LogP contribution is 2.60. The van der Waals surface area contributed by atoms with E-state index in [1.807, 2.05) is 24.0 Å². The van der Waals surface area contributed by atoms with E-state index in [-0.39, 0.29) is 23.8 Å². The molecule has 2 aromatic rings. The number of amides is 3. The third-order valence-electron chi connectivity index (χ3n) is 7.21. The summed E-state index contributed by atoms with van der Waals surface area (Å²) in [6.07, 6.45) is 1.57. The van der Waals surface area contributed by atoms with Gasteiger partial charge in [0.25, 0.3) is 0 Å². The Bertz CT molecular complexity index is 1150. The first-order chi connectivity index (χ1) is 14.4. The Morgan fingerprint density at radius 3 is 2.73 bits per heavy atom. The molecule has 0 aliphatic carbocycles.